The number of hydrogen-bond donors (Lipinski definition) is 2. The number of amides is 1. The monoisotopic (exact) mass is 342 g/mol. The Balaban J connectivity index is 1.95. The molecule has 1 saturated heterocycles. The first-order valence-electron chi connectivity index (χ1n) is 7.84. The molecule has 8 heteroatoms. The van der Waals surface area contributed by atoms with E-state index in [1.807, 2.05) is 30.3 Å². The summed E-state index contributed by atoms with van der Waals surface area (Å²) in [6.07, 6.45) is 1.38. The van der Waals surface area contributed by atoms with Crippen molar-refractivity contribution in [1.82, 2.24) is 14.9 Å². The molecule has 1 aromatic carbocycles. The first-order chi connectivity index (χ1) is 12.1. The third-order valence-electron chi connectivity index (χ3n) is 3.99. The van der Waals surface area contributed by atoms with Crippen LogP contribution in [0, 0.1) is 5.92 Å². The Morgan fingerprint density at radius 2 is 2.04 bits per heavy atom. The van der Waals surface area contributed by atoms with Crippen LogP contribution in [0.2, 0.25) is 0 Å². The van der Waals surface area contributed by atoms with Gasteiger partial charge >= 0.3 is 5.97 Å². The summed E-state index contributed by atoms with van der Waals surface area (Å²) in [7, 11) is 0. The summed E-state index contributed by atoms with van der Waals surface area (Å²) in [5.41, 5.74) is 7.13. The van der Waals surface area contributed by atoms with Crippen molar-refractivity contribution in [2.45, 2.75) is 0 Å². The SMILES string of the molecule is Nc1ncc(C(=O)N2CCOCC(C(=O)O)C2)c(-c2ccccc2)n1. The summed E-state index contributed by atoms with van der Waals surface area (Å²) in [6, 6.07) is 9.18. The van der Waals surface area contributed by atoms with E-state index in [1.165, 1.54) is 11.1 Å². The van der Waals surface area contributed by atoms with Gasteiger partial charge in [0.25, 0.3) is 5.91 Å². The van der Waals surface area contributed by atoms with Crippen LogP contribution in [0.15, 0.2) is 36.5 Å². The second-order valence-corrected chi connectivity index (χ2v) is 5.72. The van der Waals surface area contributed by atoms with Crippen molar-refractivity contribution < 1.29 is 19.4 Å². The number of nitrogens with zero attached hydrogens (tertiary/aromatic N) is 3. The van der Waals surface area contributed by atoms with E-state index in [9.17, 15) is 14.7 Å². The van der Waals surface area contributed by atoms with E-state index in [1.54, 1.807) is 0 Å². The van der Waals surface area contributed by atoms with Gasteiger partial charge in [-0.15, -0.1) is 0 Å². The first kappa shape index (κ1) is 16.8. The molecule has 1 atom stereocenters. The zero-order valence-corrected chi connectivity index (χ0v) is 13.5. The highest BCUT2D eigenvalue weighted by Gasteiger charge is 2.29. The average molecular weight is 342 g/mol. The van der Waals surface area contributed by atoms with E-state index < -0.39 is 11.9 Å². The van der Waals surface area contributed by atoms with E-state index in [2.05, 4.69) is 9.97 Å². The molecule has 3 rings (SSSR count). The van der Waals surface area contributed by atoms with Gasteiger partial charge in [-0.25, -0.2) is 9.97 Å². The maximum atomic E-state index is 13.0. The fourth-order valence-electron chi connectivity index (χ4n) is 2.68. The topological polar surface area (TPSA) is 119 Å². The highest BCUT2D eigenvalue weighted by molar-refractivity contribution is 6.00. The van der Waals surface area contributed by atoms with Gasteiger partial charge in [-0.05, 0) is 0 Å². The normalized spacial score (nSPS) is 17.8. The third kappa shape index (κ3) is 3.74. The number of anilines is 1. The van der Waals surface area contributed by atoms with Crippen LogP contribution < -0.4 is 5.73 Å². The van der Waals surface area contributed by atoms with Gasteiger partial charge in [-0.3, -0.25) is 9.59 Å². The van der Waals surface area contributed by atoms with Crippen LogP contribution in [0.1, 0.15) is 10.4 Å². The third-order valence-corrected chi connectivity index (χ3v) is 3.99. The van der Waals surface area contributed by atoms with Crippen molar-refractivity contribution in [2.75, 3.05) is 32.0 Å². The van der Waals surface area contributed by atoms with E-state index in [0.717, 1.165) is 5.56 Å². The molecule has 0 spiro atoms. The molecule has 25 heavy (non-hydrogen) atoms. The summed E-state index contributed by atoms with van der Waals surface area (Å²) in [5.74, 6) is -2.02. The van der Waals surface area contributed by atoms with Gasteiger partial charge in [0.2, 0.25) is 5.95 Å². The fourth-order valence-corrected chi connectivity index (χ4v) is 2.68. The molecule has 1 aliphatic heterocycles. The van der Waals surface area contributed by atoms with E-state index in [0.29, 0.717) is 12.2 Å². The van der Waals surface area contributed by atoms with Crippen molar-refractivity contribution in [1.29, 1.82) is 0 Å². The van der Waals surface area contributed by atoms with Crippen LogP contribution in [-0.2, 0) is 9.53 Å². The largest absolute Gasteiger partial charge is 0.481 e. The number of nitrogen functional groups attached to an aromatic ring is 1. The number of nitrogens with two attached hydrogens (primary N) is 1. The Hall–Kier alpha value is -3.00. The molecule has 1 fully saturated rings. The molecule has 1 unspecified atom stereocenters. The molecule has 3 N–H and O–H groups in total. The summed E-state index contributed by atoms with van der Waals surface area (Å²) in [5, 5.41) is 9.24. The molecule has 0 radical (unpaired) electrons. The van der Waals surface area contributed by atoms with Crippen molar-refractivity contribution in [3.05, 3.63) is 42.1 Å². The molecule has 1 aromatic heterocycles. The van der Waals surface area contributed by atoms with Gasteiger partial charge in [-0.1, -0.05) is 30.3 Å². The molecular weight excluding hydrogens is 324 g/mol. The lowest BCUT2D eigenvalue weighted by Gasteiger charge is -2.22. The molecule has 2 aromatic rings. The molecule has 1 amide bonds. The zero-order chi connectivity index (χ0) is 17.8. The quantitative estimate of drug-likeness (QED) is 0.850. The number of aliphatic carboxylic acids is 1. The van der Waals surface area contributed by atoms with E-state index in [4.69, 9.17) is 10.5 Å². The Morgan fingerprint density at radius 3 is 2.76 bits per heavy atom. The summed E-state index contributed by atoms with van der Waals surface area (Å²) in [6.45, 7) is 0.753. The number of aromatic nitrogens is 2. The molecule has 0 aliphatic carbocycles. The lowest BCUT2D eigenvalue weighted by molar-refractivity contribution is -0.143. The van der Waals surface area contributed by atoms with Crippen LogP contribution in [-0.4, -0.2) is 58.2 Å². The van der Waals surface area contributed by atoms with Crippen molar-refractivity contribution >= 4 is 17.8 Å². The minimum Gasteiger partial charge on any atom is -0.481 e. The Bertz CT molecular complexity index is 781. The second-order valence-electron chi connectivity index (χ2n) is 5.72. The summed E-state index contributed by atoms with van der Waals surface area (Å²) in [4.78, 5) is 33.9. The van der Waals surface area contributed by atoms with Crippen LogP contribution in [0.5, 0.6) is 0 Å². The van der Waals surface area contributed by atoms with Gasteiger partial charge < -0.3 is 20.5 Å². The van der Waals surface area contributed by atoms with Crippen LogP contribution in [0.25, 0.3) is 11.3 Å². The number of benzene rings is 1. The molecule has 0 saturated carbocycles. The maximum absolute atomic E-state index is 13.0. The minimum absolute atomic E-state index is 0.0676. The van der Waals surface area contributed by atoms with Gasteiger partial charge in [0.05, 0.1) is 30.4 Å². The Kier molecular flexibility index (Phi) is 4.90. The number of ether oxygens (including phenoxy) is 1. The maximum Gasteiger partial charge on any atom is 0.310 e. The number of rotatable bonds is 3. The molecule has 1 aliphatic rings. The number of carboxylic acids is 1. The highest BCUT2D eigenvalue weighted by Crippen LogP contribution is 2.23. The average Bonchev–Trinajstić information content (AvgIpc) is 2.88. The number of hydrogen-bond acceptors (Lipinski definition) is 6. The van der Waals surface area contributed by atoms with Gasteiger partial charge in [0, 0.05) is 24.8 Å². The van der Waals surface area contributed by atoms with Crippen molar-refractivity contribution in [3.63, 3.8) is 0 Å². The number of carbonyl (C=O) groups is 2. The van der Waals surface area contributed by atoms with Gasteiger partial charge in [0.15, 0.2) is 0 Å². The van der Waals surface area contributed by atoms with E-state index >= 15 is 0 Å². The van der Waals surface area contributed by atoms with E-state index in [-0.39, 0.29) is 37.2 Å². The Morgan fingerprint density at radius 1 is 1.28 bits per heavy atom. The smallest absolute Gasteiger partial charge is 0.310 e. The molecule has 8 nitrogen and oxygen atoms in total. The number of carbonyl (C=O) groups excluding carboxylic acids is 1. The van der Waals surface area contributed by atoms with Gasteiger partial charge in [0.1, 0.15) is 0 Å². The second kappa shape index (κ2) is 7.27. The summed E-state index contributed by atoms with van der Waals surface area (Å²) < 4.78 is 5.29. The van der Waals surface area contributed by atoms with Crippen LogP contribution in [0.3, 0.4) is 0 Å². The molecule has 130 valence electrons. The molecule has 0 bridgehead atoms. The first-order valence-corrected chi connectivity index (χ1v) is 7.84. The lowest BCUT2D eigenvalue weighted by atomic mass is 10.1. The lowest BCUT2D eigenvalue weighted by Crippen LogP contribution is -2.38. The van der Waals surface area contributed by atoms with Gasteiger partial charge in [-0.2, -0.15) is 0 Å². The zero-order valence-electron chi connectivity index (χ0n) is 13.5. The molecular formula is C17H18N4O4. The Labute approximate surface area is 144 Å². The minimum atomic E-state index is -0.989. The van der Waals surface area contributed by atoms with Crippen molar-refractivity contribution in [3.8, 4) is 11.3 Å². The van der Waals surface area contributed by atoms with Crippen LogP contribution >= 0.6 is 0 Å². The molecule has 2 heterocycles. The predicted octanol–water partition coefficient (Wildman–Crippen LogP) is 0.899. The van der Waals surface area contributed by atoms with Crippen LogP contribution in [0.4, 0.5) is 5.95 Å². The summed E-state index contributed by atoms with van der Waals surface area (Å²) >= 11 is 0. The fraction of sp³-hybridized carbons (Fsp3) is 0.294. The highest BCUT2D eigenvalue weighted by atomic mass is 16.5. The predicted molar refractivity (Wildman–Crippen MR) is 89.7 cm³/mol. The number of carboxylic acid groups (broad SMARTS) is 1. The standard InChI is InChI=1S/C17H18N4O4/c18-17-19-8-13(14(20-17)11-4-2-1-3-5-11)15(22)21-6-7-25-10-12(9-21)16(23)24/h1-5,8,12H,6-7,9-10H2,(H,23,24)(H2,18,19,20). The van der Waals surface area contributed by atoms with Crippen molar-refractivity contribution in [2.24, 2.45) is 5.92 Å².